The zero-order valence-electron chi connectivity index (χ0n) is 24.8. The molecule has 0 radical (unpaired) electrons. The first kappa shape index (κ1) is 26.2. The van der Waals surface area contributed by atoms with Crippen molar-refractivity contribution in [3.05, 3.63) is 157 Å². The summed E-state index contributed by atoms with van der Waals surface area (Å²) < 4.78 is 6.50. The van der Waals surface area contributed by atoms with Crippen molar-refractivity contribution < 1.29 is 4.42 Å². The lowest BCUT2D eigenvalue weighted by atomic mass is 9.89. The van der Waals surface area contributed by atoms with Crippen molar-refractivity contribution in [3.8, 4) is 11.1 Å². The molecule has 0 spiro atoms. The van der Waals surface area contributed by atoms with Gasteiger partial charge in [0.1, 0.15) is 11.2 Å². The molecular weight excluding hydrogens is 562 g/mol. The van der Waals surface area contributed by atoms with Crippen LogP contribution >= 0.6 is 0 Å². The van der Waals surface area contributed by atoms with Crippen LogP contribution in [0.15, 0.2) is 150 Å². The topological polar surface area (TPSA) is 64.1 Å². The van der Waals surface area contributed by atoms with Gasteiger partial charge in [-0.25, -0.2) is 0 Å². The van der Waals surface area contributed by atoms with Gasteiger partial charge in [-0.05, 0) is 92.8 Å². The van der Waals surface area contributed by atoms with Crippen molar-refractivity contribution >= 4 is 78.0 Å². The fourth-order valence-corrected chi connectivity index (χ4v) is 6.76. The third-order valence-electron chi connectivity index (χ3n) is 9.04. The van der Waals surface area contributed by atoms with Crippen molar-refractivity contribution in [1.82, 2.24) is 0 Å². The predicted octanol–water partition coefficient (Wildman–Crippen LogP) is 11.4. The second-order valence-corrected chi connectivity index (χ2v) is 11.8. The lowest BCUT2D eigenvalue weighted by Crippen LogP contribution is -2.16. The Morgan fingerprint density at radius 2 is 1.15 bits per heavy atom. The molecule has 1 heterocycles. The van der Waals surface area contributed by atoms with Crippen molar-refractivity contribution in [3.63, 3.8) is 0 Å². The molecule has 0 atom stereocenters. The van der Waals surface area contributed by atoms with Crippen LogP contribution in [0.5, 0.6) is 0 Å². The van der Waals surface area contributed by atoms with Gasteiger partial charge in [0, 0.05) is 39.5 Å². The zero-order valence-corrected chi connectivity index (χ0v) is 24.8. The Kier molecular flexibility index (Phi) is 5.77. The van der Waals surface area contributed by atoms with E-state index >= 15 is 0 Å². The van der Waals surface area contributed by atoms with E-state index in [0.29, 0.717) is 0 Å². The first-order valence-corrected chi connectivity index (χ1v) is 15.3. The molecule has 9 rings (SSSR count). The number of benzene rings is 7. The molecule has 8 aromatic rings. The minimum Gasteiger partial charge on any atom is -0.456 e. The van der Waals surface area contributed by atoms with Gasteiger partial charge in [0.2, 0.25) is 0 Å². The molecule has 2 N–H and O–H groups in total. The molecule has 216 valence electrons. The fourth-order valence-electron chi connectivity index (χ4n) is 6.76. The predicted molar refractivity (Wildman–Crippen MR) is 192 cm³/mol. The minimum absolute atomic E-state index is 0.223. The van der Waals surface area contributed by atoms with Crippen LogP contribution in [0.2, 0.25) is 0 Å². The van der Waals surface area contributed by atoms with Crippen LogP contribution in [0.25, 0.3) is 60.7 Å². The van der Waals surface area contributed by atoms with Gasteiger partial charge >= 0.3 is 0 Å². The van der Waals surface area contributed by atoms with Gasteiger partial charge in [0.25, 0.3) is 0 Å². The van der Waals surface area contributed by atoms with Crippen molar-refractivity contribution in [2.75, 3.05) is 4.90 Å². The number of nitrogens with one attached hydrogen (secondary N) is 2. The summed E-state index contributed by atoms with van der Waals surface area (Å²) in [5, 5.41) is 23.6. The number of nitrogens with zero attached hydrogens (tertiary/aromatic N) is 1. The average Bonchev–Trinajstić information content (AvgIpc) is 3.45. The van der Waals surface area contributed by atoms with Crippen LogP contribution in [0.1, 0.15) is 11.1 Å². The molecule has 0 fully saturated rings. The number of allylic oxidation sites excluding steroid dienone is 1. The van der Waals surface area contributed by atoms with E-state index in [9.17, 15) is 0 Å². The van der Waals surface area contributed by atoms with E-state index in [0.717, 1.165) is 77.4 Å². The van der Waals surface area contributed by atoms with Gasteiger partial charge in [-0.15, -0.1) is 0 Å². The highest BCUT2D eigenvalue weighted by Gasteiger charge is 2.21. The Hall–Kier alpha value is -6.26. The van der Waals surface area contributed by atoms with E-state index in [-0.39, 0.29) is 11.4 Å². The van der Waals surface area contributed by atoms with Gasteiger partial charge in [-0.3, -0.25) is 10.8 Å². The summed E-state index contributed by atoms with van der Waals surface area (Å²) in [6, 6.07) is 48.7. The molecule has 1 aromatic heterocycles. The number of hydrogen-bond donors (Lipinski definition) is 2. The van der Waals surface area contributed by atoms with Crippen LogP contribution in [0, 0.1) is 10.8 Å². The maximum absolute atomic E-state index is 8.78. The molecule has 0 saturated heterocycles. The molecule has 1 aliphatic rings. The fraction of sp³-hybridized carbons (Fsp3) is 0. The van der Waals surface area contributed by atoms with Gasteiger partial charge in [-0.1, -0.05) is 91.0 Å². The quantitative estimate of drug-likeness (QED) is 0.214. The van der Waals surface area contributed by atoms with Crippen LogP contribution < -0.4 is 4.90 Å². The maximum Gasteiger partial charge on any atom is 0.137 e. The summed E-state index contributed by atoms with van der Waals surface area (Å²) in [5.74, 6) is 0. The van der Waals surface area contributed by atoms with E-state index in [2.05, 4.69) is 132 Å². The summed E-state index contributed by atoms with van der Waals surface area (Å²) >= 11 is 0. The first-order valence-electron chi connectivity index (χ1n) is 15.3. The Balaban J connectivity index is 1.27. The molecule has 46 heavy (non-hydrogen) atoms. The summed E-state index contributed by atoms with van der Waals surface area (Å²) in [4.78, 5) is 2.25. The second-order valence-electron chi connectivity index (χ2n) is 11.8. The van der Waals surface area contributed by atoms with Gasteiger partial charge < -0.3 is 9.32 Å². The Bertz CT molecular complexity index is 2580. The van der Waals surface area contributed by atoms with Gasteiger partial charge in [-0.2, -0.15) is 0 Å². The monoisotopic (exact) mass is 589 g/mol. The molecule has 1 aliphatic carbocycles. The molecule has 0 saturated carbocycles. The normalized spacial score (nSPS) is 12.8. The SMILES string of the molecule is N=C1C=Cc2ccc3ccc(N(c4cccc(-c5ccccc5)c4)c4ccc5c(c4)oc4cc6ccccc6cc45)cc3c2C1=N. The first-order chi connectivity index (χ1) is 22.6. The number of rotatable bonds is 4. The number of fused-ring (bicyclic) bond motifs is 7. The van der Waals surface area contributed by atoms with Crippen molar-refractivity contribution in [2.45, 2.75) is 0 Å². The van der Waals surface area contributed by atoms with Gasteiger partial charge in [0.05, 0.1) is 11.4 Å². The minimum atomic E-state index is 0.223. The Morgan fingerprint density at radius 1 is 0.457 bits per heavy atom. The lowest BCUT2D eigenvalue weighted by molar-refractivity contribution is 0.669. The Labute approximate surface area is 265 Å². The maximum atomic E-state index is 8.78. The number of hydrogen-bond acceptors (Lipinski definition) is 4. The van der Waals surface area contributed by atoms with Crippen molar-refractivity contribution in [1.29, 1.82) is 10.8 Å². The average molecular weight is 590 g/mol. The molecular formula is C42H27N3O. The smallest absolute Gasteiger partial charge is 0.137 e. The summed E-state index contributed by atoms with van der Waals surface area (Å²) in [5.41, 5.74) is 9.12. The van der Waals surface area contributed by atoms with Crippen LogP contribution in [-0.2, 0) is 0 Å². The highest BCUT2D eigenvalue weighted by Crippen LogP contribution is 2.42. The summed E-state index contributed by atoms with van der Waals surface area (Å²) in [6.07, 6.45) is 3.63. The zero-order chi connectivity index (χ0) is 30.8. The summed E-state index contributed by atoms with van der Waals surface area (Å²) in [7, 11) is 0. The molecule has 0 aliphatic heterocycles. The largest absolute Gasteiger partial charge is 0.456 e. The summed E-state index contributed by atoms with van der Waals surface area (Å²) in [6.45, 7) is 0. The molecule has 0 amide bonds. The highest BCUT2D eigenvalue weighted by molar-refractivity contribution is 6.53. The lowest BCUT2D eigenvalue weighted by Gasteiger charge is -2.27. The number of furan rings is 1. The molecule has 7 aromatic carbocycles. The highest BCUT2D eigenvalue weighted by atomic mass is 16.3. The van der Waals surface area contributed by atoms with Crippen LogP contribution in [-0.4, -0.2) is 11.4 Å². The van der Waals surface area contributed by atoms with E-state index in [1.807, 2.05) is 18.2 Å². The van der Waals surface area contributed by atoms with E-state index in [1.54, 1.807) is 6.08 Å². The molecule has 0 bridgehead atoms. The second kappa shape index (κ2) is 10.1. The van der Waals surface area contributed by atoms with Crippen LogP contribution in [0.3, 0.4) is 0 Å². The molecule has 4 heteroatoms. The number of anilines is 3. The standard InChI is InChI=1S/C42H27N3O/c43-38-20-16-28-14-13-27-15-17-33(24-36(27)41(28)42(38)44)45(32-12-6-11-29(21-32)26-7-2-1-3-8-26)34-18-19-35-37-22-30-9-4-5-10-31(30)23-39(37)46-40(35)25-34/h1-25,43-44H. The van der Waals surface area contributed by atoms with E-state index < -0.39 is 0 Å². The van der Waals surface area contributed by atoms with E-state index in [4.69, 9.17) is 15.2 Å². The molecule has 0 unspecified atom stereocenters. The molecule has 4 nitrogen and oxygen atoms in total. The van der Waals surface area contributed by atoms with Gasteiger partial charge in [0.15, 0.2) is 0 Å². The van der Waals surface area contributed by atoms with E-state index in [1.165, 1.54) is 5.39 Å². The van der Waals surface area contributed by atoms with Crippen molar-refractivity contribution in [2.24, 2.45) is 0 Å². The van der Waals surface area contributed by atoms with Crippen LogP contribution in [0.4, 0.5) is 17.1 Å². The Morgan fingerprint density at radius 3 is 2.02 bits per heavy atom. The third-order valence-corrected chi connectivity index (χ3v) is 9.04. The third kappa shape index (κ3) is 4.15.